The maximum atomic E-state index is 11.9. The number of amides is 1. The van der Waals surface area contributed by atoms with Gasteiger partial charge in [-0.3, -0.25) is 4.79 Å². The molecule has 0 aliphatic carbocycles. The summed E-state index contributed by atoms with van der Waals surface area (Å²) < 4.78 is 5.90. The van der Waals surface area contributed by atoms with E-state index in [0.717, 1.165) is 26.2 Å². The highest BCUT2D eigenvalue weighted by atomic mass is 32.2. The molecule has 1 heterocycles. The molecule has 1 amide bonds. The molecule has 2 rings (SSSR count). The molecule has 22 heavy (non-hydrogen) atoms. The number of nitrogens with two attached hydrogens (primary N) is 1. The summed E-state index contributed by atoms with van der Waals surface area (Å²) in [6.45, 7) is 4.13. The monoisotopic (exact) mass is 337 g/mol. The van der Waals surface area contributed by atoms with Gasteiger partial charge in [0.25, 0.3) is 0 Å². The zero-order valence-corrected chi connectivity index (χ0v) is 14.4. The molecule has 0 saturated heterocycles. The molecular formula is C15H19N3O2S2. The number of benzene rings is 1. The fraction of sp³-hybridized carbons (Fsp3) is 0.333. The lowest BCUT2D eigenvalue weighted by Gasteiger charge is -2.13. The number of nitrogens with zero attached hydrogens (tertiary/aromatic N) is 1. The van der Waals surface area contributed by atoms with Crippen LogP contribution < -0.4 is 11.1 Å². The molecule has 0 aliphatic heterocycles. The highest BCUT2D eigenvalue weighted by Gasteiger charge is 2.14. The molecule has 0 fully saturated rings. The Labute approximate surface area is 138 Å². The second kappa shape index (κ2) is 7.73. The third-order valence-corrected chi connectivity index (χ3v) is 4.99. The van der Waals surface area contributed by atoms with Crippen LogP contribution in [0.4, 0.5) is 5.69 Å². The normalized spacial score (nSPS) is 12.2. The van der Waals surface area contributed by atoms with Gasteiger partial charge in [-0.05, 0) is 37.6 Å². The van der Waals surface area contributed by atoms with Crippen molar-refractivity contribution in [2.24, 2.45) is 5.73 Å². The lowest BCUT2D eigenvalue weighted by atomic mass is 10.2. The fourth-order valence-corrected chi connectivity index (χ4v) is 3.71. The summed E-state index contributed by atoms with van der Waals surface area (Å²) in [4.78, 5) is 17.4. The Balaban J connectivity index is 2.04. The lowest BCUT2D eigenvalue weighted by molar-refractivity contribution is -0.118. The first-order valence-electron chi connectivity index (χ1n) is 6.75. The van der Waals surface area contributed by atoms with E-state index in [4.69, 9.17) is 10.5 Å². The number of carbonyl (C=O) groups is 1. The van der Waals surface area contributed by atoms with Crippen molar-refractivity contribution in [3.8, 4) is 0 Å². The molecule has 0 saturated carbocycles. The number of thiazole rings is 1. The molecule has 7 heteroatoms. The van der Waals surface area contributed by atoms with Gasteiger partial charge in [-0.25, -0.2) is 4.98 Å². The van der Waals surface area contributed by atoms with Crippen molar-refractivity contribution in [1.82, 2.24) is 4.98 Å². The van der Waals surface area contributed by atoms with Crippen LogP contribution >= 0.6 is 23.1 Å². The van der Waals surface area contributed by atoms with Crippen LogP contribution in [0.5, 0.6) is 0 Å². The van der Waals surface area contributed by atoms with Crippen molar-refractivity contribution < 1.29 is 9.53 Å². The molecule has 0 radical (unpaired) electrons. The number of carbonyl (C=O) groups excluding carboxylic acids is 1. The first-order chi connectivity index (χ1) is 10.5. The summed E-state index contributed by atoms with van der Waals surface area (Å²) in [5.74, 6) is -0.249. The molecule has 1 aromatic heterocycles. The number of nitrogens with one attached hydrogen (secondary N) is 1. The average Bonchev–Trinajstić information content (AvgIpc) is 2.87. The Hall–Kier alpha value is -1.41. The molecule has 2 aromatic rings. The van der Waals surface area contributed by atoms with Gasteiger partial charge in [-0.15, -0.1) is 11.3 Å². The minimum atomic E-state index is -0.670. The Morgan fingerprint density at radius 2 is 2.27 bits per heavy atom. The Kier molecular flexibility index (Phi) is 5.96. The van der Waals surface area contributed by atoms with Crippen molar-refractivity contribution in [3.63, 3.8) is 0 Å². The van der Waals surface area contributed by atoms with E-state index >= 15 is 0 Å². The predicted octanol–water partition coefficient (Wildman–Crippen LogP) is 2.82. The lowest BCUT2D eigenvalue weighted by Crippen LogP contribution is -2.39. The smallest absolute Gasteiger partial charge is 0.243 e. The predicted molar refractivity (Wildman–Crippen MR) is 90.6 cm³/mol. The number of ether oxygens (including phenoxy) is 1. The topological polar surface area (TPSA) is 77.2 Å². The zero-order valence-electron chi connectivity index (χ0n) is 12.8. The molecule has 5 nitrogen and oxygen atoms in total. The fourth-order valence-electron chi connectivity index (χ4n) is 1.80. The van der Waals surface area contributed by atoms with Crippen molar-refractivity contribution in [2.45, 2.75) is 29.1 Å². The van der Waals surface area contributed by atoms with Crippen LogP contribution in [-0.2, 0) is 9.53 Å². The number of rotatable bonds is 6. The van der Waals surface area contributed by atoms with Gasteiger partial charge in [0.05, 0.1) is 6.61 Å². The summed E-state index contributed by atoms with van der Waals surface area (Å²) >= 11 is 3.24. The van der Waals surface area contributed by atoms with Crippen LogP contribution in [0.15, 0.2) is 32.8 Å². The van der Waals surface area contributed by atoms with Gasteiger partial charge in [0.15, 0.2) is 4.34 Å². The van der Waals surface area contributed by atoms with Crippen LogP contribution in [0.1, 0.15) is 11.3 Å². The highest BCUT2D eigenvalue weighted by Crippen LogP contribution is 2.32. The van der Waals surface area contributed by atoms with Gasteiger partial charge in [-0.2, -0.15) is 0 Å². The van der Waals surface area contributed by atoms with Crippen LogP contribution in [0.3, 0.4) is 0 Å². The van der Waals surface area contributed by atoms with Crippen molar-refractivity contribution in [2.75, 3.05) is 19.0 Å². The van der Waals surface area contributed by atoms with E-state index in [1.807, 2.05) is 37.4 Å². The molecule has 0 bridgehead atoms. The summed E-state index contributed by atoms with van der Waals surface area (Å²) in [5.41, 5.74) is 8.48. The molecule has 118 valence electrons. The molecule has 3 N–H and O–H groups in total. The zero-order chi connectivity index (χ0) is 16.1. The molecule has 1 aromatic carbocycles. The summed E-state index contributed by atoms with van der Waals surface area (Å²) in [7, 11) is 1.52. The molecular weight excluding hydrogens is 318 g/mol. The van der Waals surface area contributed by atoms with Crippen LogP contribution in [0.2, 0.25) is 0 Å². The summed E-state index contributed by atoms with van der Waals surface area (Å²) in [6.07, 6.45) is 0. The van der Waals surface area contributed by atoms with Gasteiger partial charge < -0.3 is 15.8 Å². The quantitative estimate of drug-likeness (QED) is 0.847. The second-order valence-electron chi connectivity index (χ2n) is 4.88. The van der Waals surface area contributed by atoms with E-state index in [0.29, 0.717) is 0 Å². The Bertz CT molecular complexity index is 658. The van der Waals surface area contributed by atoms with E-state index < -0.39 is 6.04 Å². The summed E-state index contributed by atoms with van der Waals surface area (Å²) in [6, 6.07) is 5.21. The van der Waals surface area contributed by atoms with E-state index in [1.54, 1.807) is 23.1 Å². The minimum absolute atomic E-state index is 0.197. The number of aryl methyl sites for hydroxylation is 2. The second-order valence-corrected chi connectivity index (χ2v) is 7.06. The Morgan fingerprint density at radius 1 is 1.50 bits per heavy atom. The van der Waals surface area contributed by atoms with Gasteiger partial charge >= 0.3 is 0 Å². The minimum Gasteiger partial charge on any atom is -0.383 e. The van der Waals surface area contributed by atoms with Crippen LogP contribution in [0.25, 0.3) is 0 Å². The molecule has 1 atom stereocenters. The largest absolute Gasteiger partial charge is 0.383 e. The maximum absolute atomic E-state index is 11.9. The van der Waals surface area contributed by atoms with Crippen molar-refractivity contribution >= 4 is 34.7 Å². The van der Waals surface area contributed by atoms with E-state index in [9.17, 15) is 4.79 Å². The van der Waals surface area contributed by atoms with Crippen molar-refractivity contribution in [1.29, 1.82) is 0 Å². The van der Waals surface area contributed by atoms with E-state index in [1.165, 1.54) is 7.11 Å². The van der Waals surface area contributed by atoms with E-state index in [2.05, 4.69) is 10.3 Å². The molecule has 1 unspecified atom stereocenters. The SMILES string of the molecule is COCC(N)C(=O)Nc1ccc(Sc2nc(C)cs2)cc1C. The van der Waals surface area contributed by atoms with Gasteiger partial charge in [0.2, 0.25) is 5.91 Å². The third-order valence-electron chi connectivity index (χ3n) is 2.94. The highest BCUT2D eigenvalue weighted by molar-refractivity contribution is 8.01. The van der Waals surface area contributed by atoms with E-state index in [-0.39, 0.29) is 12.5 Å². The first-order valence-corrected chi connectivity index (χ1v) is 8.45. The third kappa shape index (κ3) is 4.54. The van der Waals surface area contributed by atoms with Gasteiger partial charge in [-0.1, -0.05) is 11.8 Å². The summed E-state index contributed by atoms with van der Waals surface area (Å²) in [5, 5.41) is 4.85. The molecule has 0 spiro atoms. The van der Waals surface area contributed by atoms with Crippen LogP contribution in [0, 0.1) is 13.8 Å². The Morgan fingerprint density at radius 3 is 2.86 bits per heavy atom. The first kappa shape index (κ1) is 17.0. The van der Waals surface area contributed by atoms with Gasteiger partial charge in [0, 0.05) is 28.8 Å². The number of methoxy groups -OCH3 is 1. The molecule has 0 aliphatic rings. The number of hydrogen-bond acceptors (Lipinski definition) is 6. The van der Waals surface area contributed by atoms with Gasteiger partial charge in [0.1, 0.15) is 6.04 Å². The average molecular weight is 337 g/mol. The number of anilines is 1. The maximum Gasteiger partial charge on any atom is 0.243 e. The van der Waals surface area contributed by atoms with Crippen LogP contribution in [-0.4, -0.2) is 30.6 Å². The standard InChI is InChI=1S/C15H19N3O2S2/c1-9-6-11(22-15-17-10(2)8-21-15)4-5-13(9)18-14(19)12(16)7-20-3/h4-6,8,12H,7,16H2,1-3H3,(H,18,19). The van der Waals surface area contributed by atoms with Crippen molar-refractivity contribution in [3.05, 3.63) is 34.8 Å². The number of aromatic nitrogens is 1. The number of hydrogen-bond donors (Lipinski definition) is 2.